The van der Waals surface area contributed by atoms with Crippen LogP contribution in [0.25, 0.3) is 0 Å². The minimum absolute atomic E-state index is 0. The summed E-state index contributed by atoms with van der Waals surface area (Å²) in [4.78, 5) is 25.8. The lowest BCUT2D eigenvalue weighted by Gasteiger charge is -2.20. The van der Waals surface area contributed by atoms with Gasteiger partial charge in [-0.1, -0.05) is 6.07 Å². The number of ether oxygens (including phenoxy) is 1. The Balaban J connectivity index is 0.00000208. The Bertz CT molecular complexity index is 570. The van der Waals surface area contributed by atoms with Crippen molar-refractivity contribution in [2.75, 3.05) is 38.1 Å². The van der Waals surface area contributed by atoms with Crippen molar-refractivity contribution in [2.24, 2.45) is 5.92 Å². The molecule has 24 heavy (non-hydrogen) atoms. The van der Waals surface area contributed by atoms with Crippen molar-refractivity contribution in [3.63, 3.8) is 0 Å². The van der Waals surface area contributed by atoms with Crippen LogP contribution >= 0.6 is 12.4 Å². The first-order valence-corrected chi connectivity index (χ1v) is 8.24. The van der Waals surface area contributed by atoms with E-state index in [0.717, 1.165) is 45.4 Å². The summed E-state index contributed by atoms with van der Waals surface area (Å²) in [7, 11) is 0. The van der Waals surface area contributed by atoms with Gasteiger partial charge in [-0.05, 0) is 37.9 Å². The molecule has 1 aliphatic carbocycles. The van der Waals surface area contributed by atoms with Crippen molar-refractivity contribution in [3.8, 4) is 5.75 Å². The third kappa shape index (κ3) is 5.39. The van der Waals surface area contributed by atoms with Crippen molar-refractivity contribution >= 4 is 29.9 Å². The SMILES string of the molecule is Cl.O=C(Nc1cccc(OCC(=O)N2CCCNCC2)c1)C1CC1. The lowest BCUT2D eigenvalue weighted by molar-refractivity contribution is -0.133. The fraction of sp³-hybridized carbons (Fsp3) is 0.529. The van der Waals surface area contributed by atoms with E-state index in [0.29, 0.717) is 11.4 Å². The Kier molecular flexibility index (Phi) is 6.87. The average molecular weight is 354 g/mol. The average Bonchev–Trinajstić information content (AvgIpc) is 3.39. The van der Waals surface area contributed by atoms with E-state index in [1.54, 1.807) is 12.1 Å². The molecule has 1 aliphatic heterocycles. The van der Waals surface area contributed by atoms with Crippen molar-refractivity contribution in [1.29, 1.82) is 0 Å². The van der Waals surface area contributed by atoms with E-state index in [4.69, 9.17) is 4.74 Å². The molecule has 2 amide bonds. The van der Waals surface area contributed by atoms with E-state index in [1.807, 2.05) is 17.0 Å². The molecule has 0 radical (unpaired) electrons. The van der Waals surface area contributed by atoms with Crippen molar-refractivity contribution < 1.29 is 14.3 Å². The maximum absolute atomic E-state index is 12.2. The zero-order valence-electron chi connectivity index (χ0n) is 13.6. The number of amides is 2. The minimum atomic E-state index is 0. The fourth-order valence-electron chi connectivity index (χ4n) is 2.58. The number of nitrogens with zero attached hydrogens (tertiary/aromatic N) is 1. The van der Waals surface area contributed by atoms with Gasteiger partial charge in [-0.2, -0.15) is 0 Å². The zero-order valence-corrected chi connectivity index (χ0v) is 14.4. The summed E-state index contributed by atoms with van der Waals surface area (Å²) >= 11 is 0. The second-order valence-electron chi connectivity index (χ2n) is 6.06. The Labute approximate surface area is 148 Å². The Hall–Kier alpha value is -1.79. The van der Waals surface area contributed by atoms with Gasteiger partial charge in [0.2, 0.25) is 5.91 Å². The summed E-state index contributed by atoms with van der Waals surface area (Å²) in [5, 5.41) is 6.15. The Morgan fingerprint density at radius 2 is 2.08 bits per heavy atom. The molecule has 7 heteroatoms. The summed E-state index contributed by atoms with van der Waals surface area (Å²) in [6, 6.07) is 7.20. The van der Waals surface area contributed by atoms with Gasteiger partial charge in [0.25, 0.3) is 5.91 Å². The Morgan fingerprint density at radius 3 is 2.88 bits per heavy atom. The molecule has 1 heterocycles. The number of nitrogens with one attached hydrogen (secondary N) is 2. The highest BCUT2D eigenvalue weighted by atomic mass is 35.5. The summed E-state index contributed by atoms with van der Waals surface area (Å²) in [5.74, 6) is 0.828. The Morgan fingerprint density at radius 1 is 1.25 bits per heavy atom. The van der Waals surface area contributed by atoms with Crippen LogP contribution in [0.2, 0.25) is 0 Å². The second-order valence-corrected chi connectivity index (χ2v) is 6.06. The highest BCUT2D eigenvalue weighted by Crippen LogP contribution is 2.30. The zero-order chi connectivity index (χ0) is 16.1. The first kappa shape index (κ1) is 18.5. The molecule has 6 nitrogen and oxygen atoms in total. The van der Waals surface area contributed by atoms with Crippen LogP contribution in [0.4, 0.5) is 5.69 Å². The van der Waals surface area contributed by atoms with E-state index in [1.165, 1.54) is 0 Å². The molecule has 0 spiro atoms. The van der Waals surface area contributed by atoms with Gasteiger partial charge in [0.05, 0.1) is 0 Å². The molecule has 0 atom stereocenters. The smallest absolute Gasteiger partial charge is 0.260 e. The molecule has 2 aliphatic rings. The minimum Gasteiger partial charge on any atom is -0.484 e. The van der Waals surface area contributed by atoms with Crippen molar-refractivity contribution in [1.82, 2.24) is 10.2 Å². The first-order chi connectivity index (χ1) is 11.2. The summed E-state index contributed by atoms with van der Waals surface area (Å²) in [5.41, 5.74) is 0.714. The van der Waals surface area contributed by atoms with Gasteiger partial charge < -0.3 is 20.3 Å². The van der Waals surface area contributed by atoms with Gasteiger partial charge in [0.15, 0.2) is 6.61 Å². The van der Waals surface area contributed by atoms with Gasteiger partial charge >= 0.3 is 0 Å². The third-order valence-electron chi connectivity index (χ3n) is 4.10. The quantitative estimate of drug-likeness (QED) is 0.844. The van der Waals surface area contributed by atoms with Gasteiger partial charge in [-0.15, -0.1) is 12.4 Å². The predicted molar refractivity (Wildman–Crippen MR) is 94.6 cm³/mol. The summed E-state index contributed by atoms with van der Waals surface area (Å²) in [6.45, 7) is 3.30. The van der Waals surface area contributed by atoms with Gasteiger partial charge in [0, 0.05) is 37.3 Å². The molecule has 0 bridgehead atoms. The van der Waals surface area contributed by atoms with E-state index in [2.05, 4.69) is 10.6 Å². The van der Waals surface area contributed by atoms with Gasteiger partial charge in [-0.25, -0.2) is 0 Å². The first-order valence-electron chi connectivity index (χ1n) is 8.24. The molecule has 132 valence electrons. The van der Waals surface area contributed by atoms with E-state index in [-0.39, 0.29) is 36.7 Å². The number of rotatable bonds is 5. The number of carbonyl (C=O) groups excluding carboxylic acids is 2. The molecule has 2 N–H and O–H groups in total. The standard InChI is InChI=1S/C17H23N3O3.ClH/c21-16(20-9-2-7-18-8-10-20)12-23-15-4-1-3-14(11-15)19-17(22)13-5-6-13;/h1,3-4,11,13,18H,2,5-10,12H2,(H,19,22);1H. The van der Waals surface area contributed by atoms with Crippen LogP contribution in [0.5, 0.6) is 5.75 Å². The molecule has 1 aromatic rings. The van der Waals surface area contributed by atoms with Crippen molar-refractivity contribution in [3.05, 3.63) is 24.3 Å². The number of halogens is 1. The molecular formula is C17H24ClN3O3. The monoisotopic (exact) mass is 353 g/mol. The highest BCUT2D eigenvalue weighted by Gasteiger charge is 2.29. The number of hydrogen-bond acceptors (Lipinski definition) is 4. The van der Waals surface area contributed by atoms with Crippen LogP contribution < -0.4 is 15.4 Å². The molecule has 1 saturated carbocycles. The molecular weight excluding hydrogens is 330 g/mol. The van der Waals surface area contributed by atoms with Crippen LogP contribution in [-0.4, -0.2) is 49.5 Å². The number of carbonyl (C=O) groups is 2. The van der Waals surface area contributed by atoms with E-state index >= 15 is 0 Å². The number of anilines is 1. The van der Waals surface area contributed by atoms with Crippen LogP contribution in [0.1, 0.15) is 19.3 Å². The van der Waals surface area contributed by atoms with Gasteiger partial charge in [0.1, 0.15) is 5.75 Å². The summed E-state index contributed by atoms with van der Waals surface area (Å²) in [6.07, 6.45) is 2.91. The van der Waals surface area contributed by atoms with E-state index in [9.17, 15) is 9.59 Å². The van der Waals surface area contributed by atoms with Crippen molar-refractivity contribution in [2.45, 2.75) is 19.3 Å². The topological polar surface area (TPSA) is 70.7 Å². The fourth-order valence-corrected chi connectivity index (χ4v) is 2.58. The molecule has 2 fully saturated rings. The molecule has 1 saturated heterocycles. The normalized spacial score (nSPS) is 17.4. The third-order valence-corrected chi connectivity index (χ3v) is 4.10. The highest BCUT2D eigenvalue weighted by molar-refractivity contribution is 5.94. The maximum Gasteiger partial charge on any atom is 0.260 e. The van der Waals surface area contributed by atoms with E-state index < -0.39 is 0 Å². The molecule has 0 unspecified atom stereocenters. The van der Waals surface area contributed by atoms with Crippen LogP contribution in [0, 0.1) is 5.92 Å². The molecule has 3 rings (SSSR count). The largest absolute Gasteiger partial charge is 0.484 e. The number of hydrogen-bond donors (Lipinski definition) is 2. The maximum atomic E-state index is 12.2. The molecule has 1 aromatic carbocycles. The van der Waals surface area contributed by atoms with Crippen LogP contribution in [0.3, 0.4) is 0 Å². The van der Waals surface area contributed by atoms with Gasteiger partial charge in [-0.3, -0.25) is 9.59 Å². The number of benzene rings is 1. The van der Waals surface area contributed by atoms with Crippen LogP contribution in [-0.2, 0) is 9.59 Å². The lowest BCUT2D eigenvalue weighted by atomic mass is 10.3. The summed E-state index contributed by atoms with van der Waals surface area (Å²) < 4.78 is 5.60. The lowest BCUT2D eigenvalue weighted by Crippen LogP contribution is -2.37. The second kappa shape index (κ2) is 8.89. The molecule has 0 aromatic heterocycles. The predicted octanol–water partition coefficient (Wildman–Crippen LogP) is 1.66. The van der Waals surface area contributed by atoms with Crippen LogP contribution in [0.15, 0.2) is 24.3 Å².